The van der Waals surface area contributed by atoms with Gasteiger partial charge in [0, 0.05) is 12.0 Å². The molecule has 188 valence electrons. The van der Waals surface area contributed by atoms with Crippen molar-refractivity contribution < 1.29 is 33.0 Å². The molecule has 0 saturated heterocycles. The van der Waals surface area contributed by atoms with Crippen molar-refractivity contribution in [1.29, 1.82) is 0 Å². The van der Waals surface area contributed by atoms with Gasteiger partial charge in [-0.25, -0.2) is 9.59 Å². The van der Waals surface area contributed by atoms with Crippen LogP contribution in [-0.4, -0.2) is 38.4 Å². The van der Waals surface area contributed by atoms with Gasteiger partial charge in [0.25, 0.3) is 0 Å². The lowest BCUT2D eigenvalue weighted by Gasteiger charge is -2.13. The third-order valence-electron chi connectivity index (χ3n) is 5.39. The maximum Gasteiger partial charge on any atom is 0.344 e. The van der Waals surface area contributed by atoms with Crippen LogP contribution in [-0.2, 0) is 31.9 Å². The van der Waals surface area contributed by atoms with E-state index in [1.165, 1.54) is 0 Å². The summed E-state index contributed by atoms with van der Waals surface area (Å²) in [5.74, 6) is 1.09. The van der Waals surface area contributed by atoms with Crippen molar-refractivity contribution in [3.05, 3.63) is 57.8 Å². The topological polar surface area (TPSA) is 84.2 Å². The van der Waals surface area contributed by atoms with Crippen molar-refractivity contribution in [2.75, 3.05) is 26.4 Å². The van der Waals surface area contributed by atoms with Crippen molar-refractivity contribution in [3.63, 3.8) is 0 Å². The van der Waals surface area contributed by atoms with Gasteiger partial charge in [0.05, 0.1) is 23.6 Å². The molecule has 0 unspecified atom stereocenters. The second-order valence-electron chi connectivity index (χ2n) is 7.96. The molecule has 7 nitrogen and oxygen atoms in total. The average molecular weight is 503 g/mol. The number of carbonyl (C=O) groups is 2. The number of halogens is 1. The standard InChI is InChI=1S/C27H31ClO7/c1-5-8-19-14-21(28)27-25(26(19)34-16-24(30)32-7-3)17(4)22(35-27)13-18-9-11-20(12-10-18)33-15-23(29)31-6-2/h9-12,14H,5-8,13,15-16H2,1-4H3. The zero-order valence-electron chi connectivity index (χ0n) is 20.6. The predicted octanol–water partition coefficient (Wildman–Crippen LogP) is 5.82. The highest BCUT2D eigenvalue weighted by Crippen LogP contribution is 2.41. The molecule has 0 spiro atoms. The molecule has 0 aliphatic rings. The zero-order valence-corrected chi connectivity index (χ0v) is 21.3. The number of benzene rings is 2. The number of rotatable bonds is 12. The van der Waals surface area contributed by atoms with Gasteiger partial charge >= 0.3 is 11.9 Å². The van der Waals surface area contributed by atoms with Crippen LogP contribution in [0.2, 0.25) is 5.02 Å². The van der Waals surface area contributed by atoms with E-state index in [0.717, 1.165) is 40.7 Å². The number of furan rings is 1. The fraction of sp³-hybridized carbons (Fsp3) is 0.407. The van der Waals surface area contributed by atoms with Gasteiger partial charge in [0.15, 0.2) is 18.8 Å². The highest BCUT2D eigenvalue weighted by atomic mass is 35.5. The van der Waals surface area contributed by atoms with Crippen LogP contribution < -0.4 is 9.47 Å². The van der Waals surface area contributed by atoms with E-state index in [1.807, 2.05) is 25.1 Å². The van der Waals surface area contributed by atoms with Crippen LogP contribution in [0.5, 0.6) is 11.5 Å². The molecular formula is C27H31ClO7. The highest BCUT2D eigenvalue weighted by Gasteiger charge is 2.22. The van der Waals surface area contributed by atoms with Crippen LogP contribution in [0.1, 0.15) is 49.6 Å². The lowest BCUT2D eigenvalue weighted by atomic mass is 10.0. The second kappa shape index (κ2) is 12.5. The summed E-state index contributed by atoms with van der Waals surface area (Å²) in [6, 6.07) is 9.26. The molecular weight excluding hydrogens is 472 g/mol. The maximum atomic E-state index is 11.9. The highest BCUT2D eigenvalue weighted by molar-refractivity contribution is 6.35. The summed E-state index contributed by atoms with van der Waals surface area (Å²) in [6.45, 7) is 7.82. The van der Waals surface area contributed by atoms with E-state index < -0.39 is 11.9 Å². The van der Waals surface area contributed by atoms with Gasteiger partial charge in [-0.1, -0.05) is 37.1 Å². The Morgan fingerprint density at radius 3 is 2.17 bits per heavy atom. The molecule has 0 amide bonds. The van der Waals surface area contributed by atoms with E-state index in [1.54, 1.807) is 26.0 Å². The Bertz CT molecular complexity index is 1160. The minimum absolute atomic E-state index is 0.136. The van der Waals surface area contributed by atoms with E-state index in [2.05, 4.69) is 6.92 Å². The van der Waals surface area contributed by atoms with E-state index in [4.69, 9.17) is 35.0 Å². The molecule has 0 aliphatic carbocycles. The minimum atomic E-state index is -0.426. The fourth-order valence-corrected chi connectivity index (χ4v) is 4.07. The van der Waals surface area contributed by atoms with Crippen molar-refractivity contribution in [2.24, 2.45) is 0 Å². The monoisotopic (exact) mass is 502 g/mol. The largest absolute Gasteiger partial charge is 0.482 e. The predicted molar refractivity (Wildman–Crippen MR) is 133 cm³/mol. The molecule has 0 fully saturated rings. The number of hydrogen-bond donors (Lipinski definition) is 0. The summed E-state index contributed by atoms with van der Waals surface area (Å²) < 4.78 is 27.5. The number of aryl methyl sites for hydroxylation is 2. The first kappa shape index (κ1) is 26.4. The lowest BCUT2D eigenvalue weighted by Crippen LogP contribution is -2.15. The minimum Gasteiger partial charge on any atom is -0.482 e. The van der Waals surface area contributed by atoms with Gasteiger partial charge < -0.3 is 23.4 Å². The SMILES string of the molecule is CCCc1cc(Cl)c2oc(Cc3ccc(OCC(=O)OCC)cc3)c(C)c2c1OCC(=O)OCC. The maximum absolute atomic E-state index is 11.9. The Morgan fingerprint density at radius 1 is 0.943 bits per heavy atom. The first-order valence-corrected chi connectivity index (χ1v) is 12.1. The molecule has 3 aromatic rings. The summed E-state index contributed by atoms with van der Waals surface area (Å²) in [7, 11) is 0. The van der Waals surface area contributed by atoms with Gasteiger partial charge in [0.2, 0.25) is 0 Å². The number of carbonyl (C=O) groups excluding carboxylic acids is 2. The van der Waals surface area contributed by atoms with Crippen LogP contribution in [0.15, 0.2) is 34.7 Å². The molecule has 3 rings (SSSR count). The molecule has 8 heteroatoms. The van der Waals surface area contributed by atoms with E-state index in [-0.39, 0.29) is 13.2 Å². The normalized spacial score (nSPS) is 10.9. The Kier molecular flexibility index (Phi) is 9.43. The molecule has 1 heterocycles. The van der Waals surface area contributed by atoms with E-state index in [9.17, 15) is 9.59 Å². The van der Waals surface area contributed by atoms with Crippen molar-refractivity contribution >= 4 is 34.5 Å². The second-order valence-corrected chi connectivity index (χ2v) is 8.37. The number of hydrogen-bond acceptors (Lipinski definition) is 7. The van der Waals surface area contributed by atoms with Crippen LogP contribution in [0.3, 0.4) is 0 Å². The first-order valence-electron chi connectivity index (χ1n) is 11.8. The van der Waals surface area contributed by atoms with Gasteiger partial charge in [-0.05, 0) is 56.5 Å². The smallest absolute Gasteiger partial charge is 0.344 e. The van der Waals surface area contributed by atoms with Crippen LogP contribution in [0.4, 0.5) is 0 Å². The van der Waals surface area contributed by atoms with Crippen LogP contribution >= 0.6 is 11.6 Å². The molecule has 2 aromatic carbocycles. The first-order chi connectivity index (χ1) is 16.9. The Morgan fingerprint density at radius 2 is 1.57 bits per heavy atom. The number of fused-ring (bicyclic) bond motifs is 1. The Labute approximate surface area is 210 Å². The lowest BCUT2D eigenvalue weighted by molar-refractivity contribution is -0.146. The quantitative estimate of drug-likeness (QED) is 0.288. The Hall–Kier alpha value is -3.19. The number of ether oxygens (including phenoxy) is 4. The third kappa shape index (κ3) is 6.69. The van der Waals surface area contributed by atoms with Crippen LogP contribution in [0.25, 0.3) is 11.0 Å². The Balaban J connectivity index is 1.86. The van der Waals surface area contributed by atoms with Gasteiger partial charge in [-0.15, -0.1) is 0 Å². The molecule has 1 aromatic heterocycles. The summed E-state index contributed by atoms with van der Waals surface area (Å²) in [4.78, 5) is 23.4. The number of esters is 2. The third-order valence-corrected chi connectivity index (χ3v) is 5.67. The van der Waals surface area contributed by atoms with Crippen molar-refractivity contribution in [3.8, 4) is 11.5 Å². The summed E-state index contributed by atoms with van der Waals surface area (Å²) in [5, 5.41) is 1.28. The van der Waals surface area contributed by atoms with Gasteiger partial charge in [-0.2, -0.15) is 0 Å². The van der Waals surface area contributed by atoms with E-state index >= 15 is 0 Å². The van der Waals surface area contributed by atoms with Gasteiger partial charge in [-0.3, -0.25) is 0 Å². The molecule has 0 bridgehead atoms. The van der Waals surface area contributed by atoms with Crippen molar-refractivity contribution in [1.82, 2.24) is 0 Å². The molecule has 35 heavy (non-hydrogen) atoms. The van der Waals surface area contributed by atoms with Crippen LogP contribution in [0, 0.1) is 6.92 Å². The zero-order chi connectivity index (χ0) is 25.4. The fourth-order valence-electron chi connectivity index (χ4n) is 3.80. The summed E-state index contributed by atoms with van der Waals surface area (Å²) >= 11 is 6.58. The molecule has 0 saturated carbocycles. The average Bonchev–Trinajstić information content (AvgIpc) is 3.15. The summed E-state index contributed by atoms with van der Waals surface area (Å²) in [5.41, 5.74) is 3.36. The molecule has 0 radical (unpaired) electrons. The van der Waals surface area contributed by atoms with Crippen molar-refractivity contribution in [2.45, 2.75) is 47.0 Å². The van der Waals surface area contributed by atoms with E-state index in [0.29, 0.717) is 41.7 Å². The molecule has 0 N–H and O–H groups in total. The molecule has 0 aliphatic heterocycles. The van der Waals surface area contributed by atoms with Gasteiger partial charge in [0.1, 0.15) is 17.3 Å². The molecule has 0 atom stereocenters. The summed E-state index contributed by atoms with van der Waals surface area (Å²) in [6.07, 6.45) is 2.17.